The Kier molecular flexibility index (Phi) is 3.29. The Morgan fingerprint density at radius 1 is 1.43 bits per heavy atom. The number of carbonyl (C=O) groups excluding carboxylic acids is 1. The van der Waals surface area contributed by atoms with Gasteiger partial charge in [0, 0.05) is 31.2 Å². The van der Waals surface area contributed by atoms with E-state index in [-0.39, 0.29) is 16.9 Å². The van der Waals surface area contributed by atoms with Crippen LogP contribution in [0.25, 0.3) is 0 Å². The number of hydrogen-bond donors (Lipinski definition) is 1. The highest BCUT2D eigenvalue weighted by Gasteiger charge is 2.43. The number of phenols is 1. The predicted octanol–water partition coefficient (Wildman–Crippen LogP) is 1.55. The summed E-state index contributed by atoms with van der Waals surface area (Å²) in [6.45, 7) is 2.53. The minimum absolute atomic E-state index is 0.0137. The molecule has 112 valence electrons. The predicted molar refractivity (Wildman–Crippen MR) is 73.2 cm³/mol. The number of nitrogens with zero attached hydrogens (tertiary/aromatic N) is 2. The molecule has 3 rings (SSSR count). The molecule has 1 amide bonds. The quantitative estimate of drug-likeness (QED) is 0.659. The molecule has 1 spiro atoms. The van der Waals surface area contributed by atoms with Crippen LogP contribution in [0.4, 0.5) is 5.69 Å². The maximum Gasteiger partial charge on any atom is 0.311 e. The normalized spacial score (nSPS) is 24.7. The highest BCUT2D eigenvalue weighted by molar-refractivity contribution is 5.98. The summed E-state index contributed by atoms with van der Waals surface area (Å²) in [5, 5.41) is 20.8. The number of likely N-dealkylation sites (tertiary alicyclic amines) is 1. The van der Waals surface area contributed by atoms with Gasteiger partial charge in [0.15, 0.2) is 0 Å². The number of rotatable bonds is 2. The van der Waals surface area contributed by atoms with Crippen LogP contribution in [0.5, 0.6) is 5.75 Å². The highest BCUT2D eigenvalue weighted by Crippen LogP contribution is 2.39. The second kappa shape index (κ2) is 5.00. The first-order valence-corrected chi connectivity index (χ1v) is 6.86. The molecule has 2 aliphatic rings. The molecule has 1 aromatic rings. The van der Waals surface area contributed by atoms with Crippen LogP contribution in [0, 0.1) is 15.5 Å². The van der Waals surface area contributed by atoms with Gasteiger partial charge in [-0.25, -0.2) is 0 Å². The molecule has 7 heteroatoms. The van der Waals surface area contributed by atoms with Crippen molar-refractivity contribution in [2.24, 2.45) is 5.41 Å². The average molecular weight is 292 g/mol. The number of aromatic hydroxyl groups is 1. The third-order valence-corrected chi connectivity index (χ3v) is 4.35. The number of phenolic OH excluding ortho intramolecular Hbond substituents is 1. The monoisotopic (exact) mass is 292 g/mol. The van der Waals surface area contributed by atoms with Crippen molar-refractivity contribution in [3.05, 3.63) is 33.9 Å². The van der Waals surface area contributed by atoms with E-state index in [2.05, 4.69) is 0 Å². The van der Waals surface area contributed by atoms with Crippen molar-refractivity contribution in [3.8, 4) is 5.75 Å². The third kappa shape index (κ3) is 2.33. The molecule has 0 aromatic heterocycles. The fourth-order valence-electron chi connectivity index (χ4n) is 3.10. The Morgan fingerprint density at radius 2 is 2.24 bits per heavy atom. The molecular weight excluding hydrogens is 276 g/mol. The van der Waals surface area contributed by atoms with Gasteiger partial charge in [0.05, 0.1) is 17.1 Å². The lowest BCUT2D eigenvalue weighted by molar-refractivity contribution is -0.385. The summed E-state index contributed by atoms with van der Waals surface area (Å²) >= 11 is 0. The molecular formula is C14H16N2O5. The first kappa shape index (κ1) is 13.8. The van der Waals surface area contributed by atoms with Crippen LogP contribution in [0.3, 0.4) is 0 Å². The molecule has 2 heterocycles. The van der Waals surface area contributed by atoms with Gasteiger partial charge in [0.1, 0.15) is 0 Å². The van der Waals surface area contributed by atoms with Crippen molar-refractivity contribution in [1.29, 1.82) is 0 Å². The number of para-hydroxylation sites is 1. The van der Waals surface area contributed by atoms with Crippen LogP contribution in [0.1, 0.15) is 23.2 Å². The van der Waals surface area contributed by atoms with Crippen molar-refractivity contribution in [3.63, 3.8) is 0 Å². The topological polar surface area (TPSA) is 92.9 Å². The van der Waals surface area contributed by atoms with Gasteiger partial charge >= 0.3 is 5.69 Å². The summed E-state index contributed by atoms with van der Waals surface area (Å²) in [7, 11) is 0. The van der Waals surface area contributed by atoms with Crippen molar-refractivity contribution >= 4 is 11.6 Å². The second-order valence-corrected chi connectivity index (χ2v) is 5.71. The molecule has 1 N–H and O–H groups in total. The Bertz CT molecular complexity index is 595. The second-order valence-electron chi connectivity index (χ2n) is 5.71. The largest absolute Gasteiger partial charge is 0.502 e. The van der Waals surface area contributed by atoms with E-state index < -0.39 is 16.4 Å². The Labute approximate surface area is 121 Å². The number of ether oxygens (including phenoxy) is 1. The van der Waals surface area contributed by atoms with Crippen LogP contribution in [0.15, 0.2) is 18.2 Å². The van der Waals surface area contributed by atoms with Crippen molar-refractivity contribution in [2.45, 2.75) is 12.8 Å². The zero-order chi connectivity index (χ0) is 15.0. The van der Waals surface area contributed by atoms with E-state index >= 15 is 0 Å². The molecule has 0 aliphatic carbocycles. The number of carbonyl (C=O) groups is 1. The first-order valence-electron chi connectivity index (χ1n) is 6.86. The van der Waals surface area contributed by atoms with Crippen molar-refractivity contribution in [1.82, 2.24) is 4.90 Å². The SMILES string of the molecule is O=C(c1cccc([N+](=O)[O-])c1O)N1CC[C@@]2(CCOC2)C1. The zero-order valence-corrected chi connectivity index (χ0v) is 11.4. The smallest absolute Gasteiger partial charge is 0.311 e. The molecule has 0 unspecified atom stereocenters. The van der Waals surface area contributed by atoms with Crippen molar-refractivity contribution in [2.75, 3.05) is 26.3 Å². The van der Waals surface area contributed by atoms with Gasteiger partial charge in [-0.3, -0.25) is 14.9 Å². The minimum Gasteiger partial charge on any atom is -0.502 e. The van der Waals surface area contributed by atoms with Gasteiger partial charge in [-0.05, 0) is 18.9 Å². The molecule has 2 aliphatic heterocycles. The highest BCUT2D eigenvalue weighted by atomic mass is 16.6. The van der Waals surface area contributed by atoms with E-state index in [1.54, 1.807) is 4.90 Å². The maximum absolute atomic E-state index is 12.5. The van der Waals surface area contributed by atoms with Gasteiger partial charge in [0.2, 0.25) is 5.75 Å². The summed E-state index contributed by atoms with van der Waals surface area (Å²) in [6.07, 6.45) is 1.80. The lowest BCUT2D eigenvalue weighted by Gasteiger charge is -2.22. The fourth-order valence-corrected chi connectivity index (χ4v) is 3.10. The molecule has 1 aromatic carbocycles. The lowest BCUT2D eigenvalue weighted by Crippen LogP contribution is -2.32. The van der Waals surface area contributed by atoms with E-state index in [4.69, 9.17) is 4.74 Å². The zero-order valence-electron chi connectivity index (χ0n) is 11.4. The molecule has 0 bridgehead atoms. The molecule has 2 fully saturated rings. The van der Waals surface area contributed by atoms with Crippen LogP contribution in [-0.2, 0) is 4.74 Å². The standard InChI is InChI=1S/C14H16N2O5/c17-12-10(2-1-3-11(12)16(19)20)13(18)15-6-4-14(8-15)5-7-21-9-14/h1-3,17H,4-9H2/t14-/m1/s1. The van der Waals surface area contributed by atoms with Gasteiger partial charge < -0.3 is 14.7 Å². The van der Waals surface area contributed by atoms with Crippen molar-refractivity contribution < 1.29 is 19.6 Å². The minimum atomic E-state index is -0.692. The molecule has 0 radical (unpaired) electrons. The molecule has 2 saturated heterocycles. The lowest BCUT2D eigenvalue weighted by atomic mass is 9.87. The average Bonchev–Trinajstić information content (AvgIpc) is 3.09. The van der Waals surface area contributed by atoms with Crippen LogP contribution in [0.2, 0.25) is 0 Å². The first-order chi connectivity index (χ1) is 10.0. The van der Waals surface area contributed by atoms with Gasteiger partial charge in [0.25, 0.3) is 5.91 Å². The Balaban J connectivity index is 1.83. The summed E-state index contributed by atoms with van der Waals surface area (Å²) in [6, 6.07) is 4.01. The fraction of sp³-hybridized carbons (Fsp3) is 0.500. The van der Waals surface area contributed by atoms with E-state index in [0.717, 1.165) is 12.8 Å². The summed E-state index contributed by atoms with van der Waals surface area (Å²) in [5.74, 6) is -0.920. The van der Waals surface area contributed by atoms with E-state index in [0.29, 0.717) is 26.3 Å². The number of amides is 1. The Hall–Kier alpha value is -2.15. The summed E-state index contributed by atoms with van der Waals surface area (Å²) in [5.41, 5.74) is -0.439. The van der Waals surface area contributed by atoms with Crippen LogP contribution >= 0.6 is 0 Å². The maximum atomic E-state index is 12.5. The number of nitro groups is 1. The number of nitro benzene ring substituents is 1. The number of hydrogen-bond acceptors (Lipinski definition) is 5. The molecule has 1 atom stereocenters. The van der Waals surface area contributed by atoms with E-state index in [1.807, 2.05) is 0 Å². The van der Waals surface area contributed by atoms with E-state index in [1.165, 1.54) is 18.2 Å². The van der Waals surface area contributed by atoms with Crippen LogP contribution in [-0.4, -0.2) is 47.1 Å². The molecule has 7 nitrogen and oxygen atoms in total. The van der Waals surface area contributed by atoms with Gasteiger partial charge in [-0.15, -0.1) is 0 Å². The van der Waals surface area contributed by atoms with E-state index in [9.17, 15) is 20.0 Å². The molecule has 0 saturated carbocycles. The third-order valence-electron chi connectivity index (χ3n) is 4.35. The van der Waals surface area contributed by atoms with Gasteiger partial charge in [-0.1, -0.05) is 6.07 Å². The summed E-state index contributed by atoms with van der Waals surface area (Å²) in [4.78, 5) is 24.3. The van der Waals surface area contributed by atoms with Gasteiger partial charge in [-0.2, -0.15) is 0 Å². The summed E-state index contributed by atoms with van der Waals surface area (Å²) < 4.78 is 5.41. The number of benzene rings is 1. The molecule has 21 heavy (non-hydrogen) atoms. The van der Waals surface area contributed by atoms with Crippen LogP contribution < -0.4 is 0 Å². The Morgan fingerprint density at radius 3 is 2.90 bits per heavy atom.